The van der Waals surface area contributed by atoms with Gasteiger partial charge in [0.1, 0.15) is 39.9 Å². The number of carboxylic acid groups (broad SMARTS) is 1. The van der Waals surface area contributed by atoms with Gasteiger partial charge in [-0.1, -0.05) is 31.1 Å². The number of aliphatic carboxylic acids is 1. The van der Waals surface area contributed by atoms with Crippen LogP contribution < -0.4 is 15.4 Å². The van der Waals surface area contributed by atoms with Crippen molar-refractivity contribution in [1.29, 1.82) is 0 Å². The van der Waals surface area contributed by atoms with Gasteiger partial charge in [-0.2, -0.15) is 4.98 Å². The van der Waals surface area contributed by atoms with Crippen LogP contribution in [0.1, 0.15) is 65.7 Å². The first kappa shape index (κ1) is 36.4. The normalized spacial score (nSPS) is 22.0. The number of likely N-dealkylation sites (tertiary alicyclic amines) is 1. The molecule has 0 radical (unpaired) electrons. The second-order valence-corrected chi connectivity index (χ2v) is 14.5. The third-order valence-corrected chi connectivity index (χ3v) is 9.53. The van der Waals surface area contributed by atoms with Crippen LogP contribution in [-0.2, 0) is 19.1 Å². The summed E-state index contributed by atoms with van der Waals surface area (Å²) in [6.07, 6.45) is 7.20. The molecule has 0 bridgehead atoms. The Balaban J connectivity index is 1.44. The number of pyridine rings is 1. The van der Waals surface area contributed by atoms with Gasteiger partial charge in [-0.3, -0.25) is 14.6 Å². The number of ether oxygens (including phenoxy) is 2. The summed E-state index contributed by atoms with van der Waals surface area (Å²) < 4.78 is 11.9. The molecule has 14 heteroatoms. The zero-order chi connectivity index (χ0) is 36.1. The number of allylic oxidation sites excluding steroid dienone is 1. The van der Waals surface area contributed by atoms with Crippen LogP contribution in [0, 0.1) is 5.92 Å². The van der Waals surface area contributed by atoms with Gasteiger partial charge in [0.15, 0.2) is 5.82 Å². The summed E-state index contributed by atoms with van der Waals surface area (Å²) in [5.41, 5.74) is -1.75. The van der Waals surface area contributed by atoms with Crippen molar-refractivity contribution in [3.63, 3.8) is 0 Å². The van der Waals surface area contributed by atoms with E-state index in [4.69, 9.17) is 9.47 Å². The Labute approximate surface area is 295 Å². The molecule has 1 saturated heterocycles. The van der Waals surface area contributed by atoms with E-state index in [-0.39, 0.29) is 25.3 Å². The smallest absolute Gasteiger partial charge is 0.408 e. The second kappa shape index (κ2) is 15.4. The van der Waals surface area contributed by atoms with Crippen molar-refractivity contribution in [2.24, 2.45) is 5.92 Å². The molecule has 13 nitrogen and oxygen atoms in total. The van der Waals surface area contributed by atoms with E-state index < -0.39 is 59.1 Å². The molecule has 5 atom stereocenters. The fraction of sp³-hybridized carbons (Fsp3) is 0.472. The molecule has 0 unspecified atom stereocenters. The van der Waals surface area contributed by atoms with Gasteiger partial charge in [-0.25, -0.2) is 14.6 Å². The quantitative estimate of drug-likeness (QED) is 0.140. The molecule has 1 aliphatic heterocycles. The number of unbranched alkanes of at least 4 members (excludes halogenated alkanes) is 3. The number of alkyl carbamates (subject to hydrolysis) is 1. The molecule has 5 rings (SSSR count). The van der Waals surface area contributed by atoms with Gasteiger partial charge < -0.3 is 30.1 Å². The monoisotopic (exact) mass is 704 g/mol. The number of aromatic nitrogens is 3. The van der Waals surface area contributed by atoms with Crippen LogP contribution in [0.15, 0.2) is 61.2 Å². The van der Waals surface area contributed by atoms with Crippen molar-refractivity contribution in [2.45, 2.75) is 95.0 Å². The topological polar surface area (TPSA) is 173 Å². The van der Waals surface area contributed by atoms with E-state index in [1.807, 2.05) is 23.6 Å². The lowest BCUT2D eigenvalue weighted by atomic mass is 10.0. The van der Waals surface area contributed by atoms with Gasteiger partial charge in [-0.15, -0.1) is 24.5 Å². The van der Waals surface area contributed by atoms with Gasteiger partial charge >= 0.3 is 12.1 Å². The summed E-state index contributed by atoms with van der Waals surface area (Å²) >= 11 is 1.41. The number of nitrogens with zero attached hydrogens (tertiary/aromatic N) is 4. The minimum Gasteiger partial charge on any atom is -0.479 e. The maximum absolute atomic E-state index is 14.4. The van der Waals surface area contributed by atoms with Gasteiger partial charge in [0.25, 0.3) is 0 Å². The molecule has 266 valence electrons. The van der Waals surface area contributed by atoms with Crippen LogP contribution >= 0.6 is 11.3 Å². The van der Waals surface area contributed by atoms with E-state index in [1.54, 1.807) is 39.1 Å². The highest BCUT2D eigenvalue weighted by molar-refractivity contribution is 7.16. The number of amides is 3. The molecule has 3 aromatic heterocycles. The Kier molecular flexibility index (Phi) is 11.2. The standard InChI is InChI=1S/C36H44N6O7S/c1-6-8-9-10-11-15-26(38-34(47)49-35(3,4)5)32(44)42-21-23(19-27(42)29(43)41-36(33(45)46)20-22(36)7-2)48-30-24-16-18-50-31(24)40-28(39-30)25-14-12-13-17-37-25/h6-7,12-14,16-18,22-23,26-27H,1-2,8-11,15,19-21H2,3-5H3,(H,38,47)(H,41,43)(H,45,46)/t22-,23-,26+,27-,36-/m1/s1. The second-order valence-electron chi connectivity index (χ2n) is 13.6. The molecule has 1 saturated carbocycles. The highest BCUT2D eigenvalue weighted by Crippen LogP contribution is 2.45. The number of fused-ring (bicyclic) bond motifs is 1. The van der Waals surface area contributed by atoms with E-state index in [2.05, 4.69) is 38.7 Å². The van der Waals surface area contributed by atoms with E-state index in [0.717, 1.165) is 19.3 Å². The fourth-order valence-electron chi connectivity index (χ4n) is 6.10. The van der Waals surface area contributed by atoms with E-state index in [1.165, 1.54) is 22.3 Å². The van der Waals surface area contributed by atoms with Gasteiger partial charge in [0.2, 0.25) is 17.7 Å². The highest BCUT2D eigenvalue weighted by Gasteiger charge is 2.61. The molecule has 2 fully saturated rings. The Bertz CT molecular complexity index is 1740. The summed E-state index contributed by atoms with van der Waals surface area (Å²) in [6, 6.07) is 5.16. The summed E-state index contributed by atoms with van der Waals surface area (Å²) in [5.74, 6) is -2.11. The van der Waals surface area contributed by atoms with E-state index >= 15 is 0 Å². The van der Waals surface area contributed by atoms with Crippen molar-refractivity contribution in [1.82, 2.24) is 30.5 Å². The first-order valence-corrected chi connectivity index (χ1v) is 17.7. The zero-order valence-corrected chi connectivity index (χ0v) is 29.4. The maximum atomic E-state index is 14.4. The molecule has 4 heterocycles. The van der Waals surface area contributed by atoms with Gasteiger partial charge in [0, 0.05) is 18.5 Å². The van der Waals surface area contributed by atoms with Crippen LogP contribution in [0.5, 0.6) is 5.88 Å². The minimum atomic E-state index is -1.50. The fourth-order valence-corrected chi connectivity index (χ4v) is 6.85. The van der Waals surface area contributed by atoms with Crippen molar-refractivity contribution in [3.8, 4) is 17.4 Å². The van der Waals surface area contributed by atoms with E-state index in [0.29, 0.717) is 34.6 Å². The number of thiophene rings is 1. The number of hydrogen-bond donors (Lipinski definition) is 3. The van der Waals surface area contributed by atoms with Crippen LogP contribution in [0.3, 0.4) is 0 Å². The average molecular weight is 705 g/mol. The Hall–Kier alpha value is -4.85. The van der Waals surface area contributed by atoms with Crippen molar-refractivity contribution >= 4 is 45.4 Å². The lowest BCUT2D eigenvalue weighted by Crippen LogP contribution is -2.56. The lowest BCUT2D eigenvalue weighted by molar-refractivity contribution is -0.145. The lowest BCUT2D eigenvalue weighted by Gasteiger charge is -2.30. The number of nitrogens with one attached hydrogen (secondary N) is 2. The molecular weight excluding hydrogens is 660 g/mol. The molecule has 2 aliphatic rings. The van der Waals surface area contributed by atoms with Crippen LogP contribution in [0.25, 0.3) is 21.7 Å². The summed E-state index contributed by atoms with van der Waals surface area (Å²) in [5, 5.41) is 18.0. The van der Waals surface area contributed by atoms with Crippen molar-refractivity contribution in [3.05, 3.63) is 61.2 Å². The Morgan fingerprint density at radius 2 is 1.96 bits per heavy atom. The van der Waals surface area contributed by atoms with Crippen molar-refractivity contribution in [2.75, 3.05) is 6.54 Å². The van der Waals surface area contributed by atoms with Crippen molar-refractivity contribution < 1.29 is 33.8 Å². The number of carbonyl (C=O) groups excluding carboxylic acids is 3. The molecule has 3 N–H and O–H groups in total. The predicted molar refractivity (Wildman–Crippen MR) is 188 cm³/mol. The largest absolute Gasteiger partial charge is 0.479 e. The SMILES string of the molecule is C=CCCCCC[C@H](NC(=O)OC(C)(C)C)C(=O)N1C[C@H](Oc2nc(-c3ccccn3)nc3sccc23)C[C@@H]1C(=O)N[C@]1(C(=O)O)C[C@H]1C=C. The third-order valence-electron chi connectivity index (χ3n) is 8.73. The number of rotatable bonds is 15. The highest BCUT2D eigenvalue weighted by atomic mass is 32.1. The minimum absolute atomic E-state index is 0.0145. The van der Waals surface area contributed by atoms with Gasteiger partial charge in [-0.05, 0) is 70.0 Å². The molecular formula is C36H44N6O7S. The molecule has 1 aliphatic carbocycles. The number of hydrogen-bond acceptors (Lipinski definition) is 10. The number of carboxylic acids is 1. The molecule has 0 aromatic carbocycles. The first-order valence-electron chi connectivity index (χ1n) is 16.8. The summed E-state index contributed by atoms with van der Waals surface area (Å²) in [6.45, 7) is 12.6. The van der Waals surface area contributed by atoms with Crippen LogP contribution in [0.4, 0.5) is 4.79 Å². The number of carbonyl (C=O) groups is 4. The molecule has 3 amide bonds. The maximum Gasteiger partial charge on any atom is 0.408 e. The Morgan fingerprint density at radius 3 is 2.62 bits per heavy atom. The van der Waals surface area contributed by atoms with E-state index in [9.17, 15) is 24.3 Å². The predicted octanol–water partition coefficient (Wildman–Crippen LogP) is 5.28. The molecule has 3 aromatic rings. The summed E-state index contributed by atoms with van der Waals surface area (Å²) in [7, 11) is 0. The van der Waals surface area contributed by atoms with Gasteiger partial charge in [0.05, 0.1) is 11.9 Å². The summed E-state index contributed by atoms with van der Waals surface area (Å²) in [4.78, 5) is 69.2. The van der Waals surface area contributed by atoms with Crippen LogP contribution in [-0.4, -0.2) is 84.7 Å². The van der Waals surface area contributed by atoms with Crippen LogP contribution in [0.2, 0.25) is 0 Å². The molecule has 0 spiro atoms. The first-order chi connectivity index (χ1) is 23.8. The third kappa shape index (κ3) is 8.47. The zero-order valence-electron chi connectivity index (χ0n) is 28.6. The average Bonchev–Trinajstić information content (AvgIpc) is 3.36. The Morgan fingerprint density at radius 1 is 1.16 bits per heavy atom. The molecule has 50 heavy (non-hydrogen) atoms.